The van der Waals surface area contributed by atoms with E-state index in [2.05, 4.69) is 106 Å². The van der Waals surface area contributed by atoms with Gasteiger partial charge in [0.15, 0.2) is 0 Å². The molecule has 0 saturated heterocycles. The zero-order chi connectivity index (χ0) is 114. The van der Waals surface area contributed by atoms with Crippen LogP contribution in [0.4, 0.5) is 0 Å². The topological polar surface area (TPSA) is 932 Å². The highest BCUT2D eigenvalue weighted by atomic mass is 16.4. The monoisotopic (exact) mass is 2140 g/mol. The molecule has 0 heterocycles. The van der Waals surface area contributed by atoms with E-state index in [9.17, 15) is 106 Å². The fourth-order valence-corrected chi connectivity index (χ4v) is 15.0. The molecule has 21 atom stereocenters. The molecule has 0 aliphatic rings. The summed E-state index contributed by atoms with van der Waals surface area (Å²) in [5, 5.41) is 61.2. The summed E-state index contributed by atoms with van der Waals surface area (Å²) in [6.45, 7) is 16.0. The molecule has 860 valence electrons. The Kier molecular flexibility index (Phi) is 74.1. The van der Waals surface area contributed by atoms with Crippen LogP contribution in [0.1, 0.15) is 281 Å². The predicted octanol–water partition coefficient (Wildman–Crippen LogP) is -9.29. The van der Waals surface area contributed by atoms with Crippen LogP contribution in [0.5, 0.6) is 0 Å². The second-order valence-electron chi connectivity index (χ2n) is 38.0. The van der Waals surface area contributed by atoms with Gasteiger partial charge in [-0.05, 0) is 347 Å². The number of carboxylic acid groups (broad SMARTS) is 1. The molecule has 45 N–H and O–H groups in total. The van der Waals surface area contributed by atoms with Crippen molar-refractivity contribution in [2.45, 2.75) is 408 Å². The number of nitrogens with one attached hydrogen (secondary N) is 20. The third kappa shape index (κ3) is 58.1. The second kappa shape index (κ2) is 80.3. The largest absolute Gasteiger partial charge is 0.480 e. The number of carboxylic acids is 1. The van der Waals surface area contributed by atoms with Crippen molar-refractivity contribution in [3.05, 3.63) is 0 Å². The molecule has 54 nitrogen and oxygen atoms in total. The first-order valence-electron chi connectivity index (χ1n) is 52.9. The molecule has 0 spiro atoms. The van der Waals surface area contributed by atoms with Gasteiger partial charge in [-0.2, -0.15) is 0 Å². The minimum Gasteiger partial charge on any atom is -0.480 e. The summed E-state index contributed by atoms with van der Waals surface area (Å²) in [4.78, 5) is 289. The Bertz CT molecular complexity index is 4020. The van der Waals surface area contributed by atoms with Crippen molar-refractivity contribution in [3.8, 4) is 0 Å². The highest BCUT2D eigenvalue weighted by Crippen LogP contribution is 2.15. The van der Waals surface area contributed by atoms with Gasteiger partial charge in [0.25, 0.3) is 0 Å². The van der Waals surface area contributed by atoms with Crippen LogP contribution >= 0.6 is 0 Å². The van der Waals surface area contributed by atoms with Gasteiger partial charge in [0, 0.05) is 0 Å². The van der Waals surface area contributed by atoms with Gasteiger partial charge in [0.05, 0.1) is 6.04 Å². The number of carbonyl (C=O) groups is 21. The van der Waals surface area contributed by atoms with E-state index in [1.165, 1.54) is 69.2 Å². The van der Waals surface area contributed by atoms with E-state index in [0.717, 1.165) is 0 Å². The lowest BCUT2D eigenvalue weighted by molar-refractivity contribution is -0.142. The van der Waals surface area contributed by atoms with Crippen LogP contribution < -0.4 is 175 Å². The van der Waals surface area contributed by atoms with Crippen molar-refractivity contribution in [1.29, 1.82) is 0 Å². The summed E-state index contributed by atoms with van der Waals surface area (Å²) in [6, 6.07) is -27.3. The molecule has 0 aliphatic carbocycles. The number of amides is 20. The maximum Gasteiger partial charge on any atom is 0.326 e. The van der Waals surface area contributed by atoms with Crippen LogP contribution in [0.2, 0.25) is 0 Å². The molecular formula is C96H184N32O22. The van der Waals surface area contributed by atoms with E-state index in [1.54, 1.807) is 0 Å². The standard InChI is InChI=1S/C96H184N32O22/c1-55(109-86(139)65(108)33-11-22-44-97)76(129)119-66(34-12-23-45-98)87(140)110-56(2)77(130)120-67(35-13-24-46-99)88(141)111-57(3)78(131)121-68(36-14-25-47-100)89(142)112-58(4)79(132)122-69(37-15-26-48-101)90(143)113-59(5)80(133)123-70(38-16-27-49-102)91(144)114-60(6)81(134)124-71(39-17-28-50-103)92(145)115-61(7)82(135)125-72(40-18-29-51-104)93(146)116-62(8)83(136)126-73(41-19-30-52-105)94(147)117-63(9)84(137)127-74(42-20-31-53-106)95(148)118-64(10)85(138)128-75(96(149)150)43-21-32-54-107/h55-75H,11-54,97-108H2,1-10H3,(H,109,139)(H,110,140)(H,111,141)(H,112,142)(H,113,143)(H,114,144)(H,115,145)(H,116,146)(H,117,147)(H,118,148)(H,119,129)(H,120,130)(H,121,131)(H,122,132)(H,123,133)(H,124,134)(H,125,135)(H,126,136)(H,127,137)(H,128,138)(H,149,150)/t55-,56-,57-,58-,59-,60-,61-,62-,63-,64-,65-,66-,67-,68-,69-,70-,71-,72-,73-,74-,75-/m0/s1. The molecule has 0 aliphatic heterocycles. The molecule has 150 heavy (non-hydrogen) atoms. The van der Waals surface area contributed by atoms with Crippen molar-refractivity contribution in [2.75, 3.05) is 72.0 Å². The molecule has 0 bridgehead atoms. The van der Waals surface area contributed by atoms with E-state index in [-0.39, 0.29) is 142 Å². The first-order chi connectivity index (χ1) is 71.2. The number of hydrogen-bond donors (Lipinski definition) is 33. The Balaban J connectivity index is 6.56. The fourth-order valence-electron chi connectivity index (χ4n) is 15.0. The molecule has 0 aromatic heterocycles. The zero-order valence-electron chi connectivity index (χ0n) is 89.7. The molecule has 0 unspecified atom stereocenters. The van der Waals surface area contributed by atoms with Gasteiger partial charge in [0.2, 0.25) is 118 Å². The fraction of sp³-hybridized carbons (Fsp3) is 0.781. The Labute approximate surface area is 881 Å². The highest BCUT2D eigenvalue weighted by Gasteiger charge is 2.39. The zero-order valence-corrected chi connectivity index (χ0v) is 89.7. The first-order valence-corrected chi connectivity index (χ1v) is 52.9. The third-order valence-electron chi connectivity index (χ3n) is 24.6. The van der Waals surface area contributed by atoms with Crippen LogP contribution in [-0.2, 0) is 101 Å². The summed E-state index contributed by atoms with van der Waals surface area (Å²) < 4.78 is 0. The van der Waals surface area contributed by atoms with Crippen molar-refractivity contribution in [3.63, 3.8) is 0 Å². The van der Waals surface area contributed by atoms with Crippen molar-refractivity contribution >= 4 is 124 Å². The van der Waals surface area contributed by atoms with Crippen molar-refractivity contribution < 1.29 is 106 Å². The molecule has 0 aromatic carbocycles. The van der Waals surface area contributed by atoms with Gasteiger partial charge < -0.3 is 180 Å². The SMILES string of the molecule is C[C@H](NC(=O)[C@H](CCCCN)NC(=O)[C@H](C)NC(=O)[C@H](CCCCN)NC(=O)[C@H](C)NC(=O)[C@H](CCCCN)NC(=O)[C@H](C)NC(=O)[C@H](CCCCN)NC(=O)[C@H](C)NC(=O)[C@H](CCCCN)NC(=O)[C@H](C)NC(=O)[C@H](CCCCN)NC(=O)[C@H](C)NC(=O)[C@H](CCCCN)NC(=O)[C@H](C)NC(=O)[C@H](CCCCN)NC(=O)[C@H](C)NC(=O)[C@H](CCCCN)NC(=O)[C@H](C)NC(=O)[C@@H](N)CCCCN)C(=O)N[C@@H](CCCCN)C(=O)O. The Hall–Kier alpha value is -11.6. The van der Waals surface area contributed by atoms with Crippen molar-refractivity contribution in [2.24, 2.45) is 68.8 Å². The molecule has 54 heteroatoms. The molecule has 0 aromatic rings. The number of nitrogens with two attached hydrogens (primary N) is 12. The van der Waals surface area contributed by atoms with E-state index in [0.29, 0.717) is 142 Å². The van der Waals surface area contributed by atoms with E-state index >= 15 is 0 Å². The van der Waals surface area contributed by atoms with Gasteiger partial charge in [-0.3, -0.25) is 95.9 Å². The molecule has 0 fully saturated rings. The minimum atomic E-state index is -1.41. The molecular weight excluding hydrogens is 1950 g/mol. The molecule has 0 saturated carbocycles. The second-order valence-corrected chi connectivity index (χ2v) is 38.0. The number of rotatable bonds is 85. The van der Waals surface area contributed by atoms with Gasteiger partial charge in [-0.1, -0.05) is 6.42 Å². The van der Waals surface area contributed by atoms with Crippen LogP contribution in [0.25, 0.3) is 0 Å². The summed E-state index contributed by atoms with van der Waals surface area (Å²) >= 11 is 0. The van der Waals surface area contributed by atoms with Gasteiger partial charge in [-0.25, -0.2) is 4.79 Å². The van der Waals surface area contributed by atoms with Gasteiger partial charge in [-0.15, -0.1) is 0 Å². The van der Waals surface area contributed by atoms with Gasteiger partial charge >= 0.3 is 5.97 Å². The van der Waals surface area contributed by atoms with Crippen LogP contribution in [-0.4, -0.2) is 328 Å². The first kappa shape index (κ1) is 138. The molecule has 20 amide bonds. The Morgan fingerprint density at radius 2 is 0.247 bits per heavy atom. The van der Waals surface area contributed by atoms with E-state index < -0.39 is 251 Å². The highest BCUT2D eigenvalue weighted by molar-refractivity contribution is 6.02. The number of unbranched alkanes of at least 4 members (excludes halogenated alkanes) is 11. The average molecular weight is 2140 g/mol. The summed E-state index contributed by atoms with van der Waals surface area (Å²) in [7, 11) is 0. The Morgan fingerprint density at radius 1 is 0.147 bits per heavy atom. The summed E-state index contributed by atoms with van der Waals surface area (Å²) in [5.74, 6) is -17.7. The minimum absolute atomic E-state index is 0.00700. The lowest BCUT2D eigenvalue weighted by Gasteiger charge is -2.27. The van der Waals surface area contributed by atoms with Crippen LogP contribution in [0.3, 0.4) is 0 Å². The smallest absolute Gasteiger partial charge is 0.326 e. The number of aliphatic carboxylic acids is 1. The molecule has 0 rings (SSSR count). The lowest BCUT2D eigenvalue weighted by Crippen LogP contribution is -2.60. The van der Waals surface area contributed by atoms with E-state index in [1.807, 2.05) is 0 Å². The Morgan fingerprint density at radius 3 is 0.360 bits per heavy atom. The van der Waals surface area contributed by atoms with Crippen LogP contribution in [0.15, 0.2) is 0 Å². The number of hydrogen-bond acceptors (Lipinski definition) is 33. The molecule has 0 radical (unpaired) electrons. The maximum absolute atomic E-state index is 14.2. The number of carbonyl (C=O) groups excluding carboxylic acids is 20. The van der Waals surface area contributed by atoms with Crippen molar-refractivity contribution in [1.82, 2.24) is 106 Å². The quantitative estimate of drug-likeness (QED) is 0.0251. The van der Waals surface area contributed by atoms with Crippen LogP contribution in [0, 0.1) is 0 Å². The average Bonchev–Trinajstić information content (AvgIpc) is 0.863. The van der Waals surface area contributed by atoms with E-state index in [4.69, 9.17) is 68.8 Å². The summed E-state index contributed by atoms with van der Waals surface area (Å²) in [6.07, 6.45) is 9.28. The normalized spacial score (nSPS) is 15.4. The summed E-state index contributed by atoms with van der Waals surface area (Å²) in [5.41, 5.74) is 69.1. The lowest BCUT2D eigenvalue weighted by atomic mass is 10.1. The predicted molar refractivity (Wildman–Crippen MR) is 563 cm³/mol. The third-order valence-corrected chi connectivity index (χ3v) is 24.6. The van der Waals surface area contributed by atoms with Gasteiger partial charge in [0.1, 0.15) is 121 Å². The maximum atomic E-state index is 14.2.